The molecule has 0 heterocycles. The first-order valence-corrected chi connectivity index (χ1v) is 8.79. The first-order chi connectivity index (χ1) is 8.97. The molecule has 20 heavy (non-hydrogen) atoms. The minimum atomic E-state index is -3.73. The Balaban J connectivity index is 3.07. The Morgan fingerprint density at radius 1 is 1.30 bits per heavy atom. The third-order valence-electron chi connectivity index (χ3n) is 2.87. The summed E-state index contributed by atoms with van der Waals surface area (Å²) in [7, 11) is -3.73. The molecule has 0 saturated carbocycles. The van der Waals surface area contributed by atoms with Crippen LogP contribution in [0.1, 0.15) is 19.4 Å². The van der Waals surface area contributed by atoms with Gasteiger partial charge in [0.2, 0.25) is 15.9 Å². The molecule has 0 aliphatic carbocycles. The highest BCUT2D eigenvalue weighted by atomic mass is 79.9. The molecule has 0 aliphatic heterocycles. The Hall–Kier alpha value is -0.440. The zero-order chi connectivity index (χ0) is 15.7. The van der Waals surface area contributed by atoms with Crippen molar-refractivity contribution in [3.8, 4) is 0 Å². The molecule has 1 rings (SSSR count). The Morgan fingerprint density at radius 2 is 1.85 bits per heavy atom. The average molecular weight is 428 g/mol. The van der Waals surface area contributed by atoms with Crippen molar-refractivity contribution >= 4 is 47.8 Å². The summed E-state index contributed by atoms with van der Waals surface area (Å²) in [5, 5.41) is 0. The molecular formula is C12H16Br2N2O3S. The number of aryl methyl sites for hydroxylation is 1. The predicted octanol–water partition coefficient (Wildman–Crippen LogP) is 2.31. The molecule has 0 atom stereocenters. The molecule has 1 aromatic rings. The molecule has 0 fully saturated rings. The quantitative estimate of drug-likeness (QED) is 0.755. The molecule has 0 unspecified atom stereocenters. The SMILES string of the molecule is Cc1cc(Br)c(S(=O)(=O)NCC(C)(C)C(N)=O)cc1Br. The molecule has 5 nitrogen and oxygen atoms in total. The van der Waals surface area contributed by atoms with E-state index in [1.807, 2.05) is 6.92 Å². The van der Waals surface area contributed by atoms with Crippen molar-refractivity contribution in [2.24, 2.45) is 11.1 Å². The third kappa shape index (κ3) is 4.03. The van der Waals surface area contributed by atoms with Gasteiger partial charge in [-0.1, -0.05) is 15.9 Å². The van der Waals surface area contributed by atoms with Gasteiger partial charge in [-0.25, -0.2) is 13.1 Å². The molecule has 0 aliphatic rings. The Labute approximate surface area is 135 Å². The fourth-order valence-corrected chi connectivity index (χ4v) is 4.16. The summed E-state index contributed by atoms with van der Waals surface area (Å²) in [5.74, 6) is -0.565. The topological polar surface area (TPSA) is 89.3 Å². The van der Waals surface area contributed by atoms with Gasteiger partial charge in [-0.2, -0.15) is 0 Å². The Kier molecular flexibility index (Phi) is 5.40. The van der Waals surface area contributed by atoms with Gasteiger partial charge >= 0.3 is 0 Å². The number of benzene rings is 1. The molecule has 1 amide bonds. The summed E-state index contributed by atoms with van der Waals surface area (Å²) >= 11 is 6.53. The maximum atomic E-state index is 12.3. The van der Waals surface area contributed by atoms with Gasteiger partial charge in [0, 0.05) is 15.5 Å². The van der Waals surface area contributed by atoms with E-state index in [9.17, 15) is 13.2 Å². The monoisotopic (exact) mass is 426 g/mol. The van der Waals surface area contributed by atoms with Crippen molar-refractivity contribution in [3.05, 3.63) is 26.6 Å². The number of nitrogens with two attached hydrogens (primary N) is 1. The summed E-state index contributed by atoms with van der Waals surface area (Å²) in [6.45, 7) is 4.95. The molecule has 8 heteroatoms. The molecule has 0 saturated heterocycles. The second kappa shape index (κ2) is 6.13. The minimum absolute atomic E-state index is 0.0669. The van der Waals surface area contributed by atoms with Crippen LogP contribution in [0.15, 0.2) is 26.0 Å². The highest BCUT2D eigenvalue weighted by Gasteiger charge is 2.28. The lowest BCUT2D eigenvalue weighted by Gasteiger charge is -2.21. The van der Waals surface area contributed by atoms with Crippen LogP contribution in [0, 0.1) is 12.3 Å². The standard InChI is InChI=1S/C12H16Br2N2O3S/c1-7-4-9(14)10(5-8(7)13)20(18,19)16-6-12(2,3)11(15)17/h4-5,16H,6H2,1-3H3,(H2,15,17). The van der Waals surface area contributed by atoms with Crippen molar-refractivity contribution < 1.29 is 13.2 Å². The maximum absolute atomic E-state index is 12.3. The lowest BCUT2D eigenvalue weighted by molar-refractivity contribution is -0.125. The summed E-state index contributed by atoms with van der Waals surface area (Å²) in [6, 6.07) is 3.22. The molecule has 1 aromatic carbocycles. The molecule has 0 radical (unpaired) electrons. The molecule has 112 valence electrons. The second-order valence-electron chi connectivity index (χ2n) is 5.10. The van der Waals surface area contributed by atoms with E-state index in [0.717, 1.165) is 5.56 Å². The van der Waals surface area contributed by atoms with Crippen LogP contribution < -0.4 is 10.5 Å². The Bertz CT molecular complexity index is 642. The van der Waals surface area contributed by atoms with Crippen LogP contribution in [0.2, 0.25) is 0 Å². The van der Waals surface area contributed by atoms with Crippen LogP contribution in [0.3, 0.4) is 0 Å². The van der Waals surface area contributed by atoms with E-state index in [1.54, 1.807) is 19.9 Å². The number of primary amides is 1. The van der Waals surface area contributed by atoms with E-state index in [-0.39, 0.29) is 11.4 Å². The van der Waals surface area contributed by atoms with Crippen molar-refractivity contribution in [2.45, 2.75) is 25.7 Å². The van der Waals surface area contributed by atoms with Crippen LogP contribution in [-0.2, 0) is 14.8 Å². The molecule has 0 bridgehead atoms. The van der Waals surface area contributed by atoms with E-state index in [1.165, 1.54) is 6.07 Å². The van der Waals surface area contributed by atoms with Crippen molar-refractivity contribution in [1.29, 1.82) is 0 Å². The fourth-order valence-electron chi connectivity index (χ4n) is 1.27. The number of halogens is 2. The van der Waals surface area contributed by atoms with Gasteiger partial charge in [-0.15, -0.1) is 0 Å². The fraction of sp³-hybridized carbons (Fsp3) is 0.417. The summed E-state index contributed by atoms with van der Waals surface area (Å²) < 4.78 is 28.1. The number of rotatable bonds is 5. The Morgan fingerprint density at radius 3 is 2.35 bits per heavy atom. The molecule has 3 N–H and O–H groups in total. The third-order valence-corrected chi connectivity index (χ3v) is 6.09. The number of amides is 1. The lowest BCUT2D eigenvalue weighted by atomic mass is 9.93. The van der Waals surface area contributed by atoms with E-state index < -0.39 is 21.3 Å². The minimum Gasteiger partial charge on any atom is -0.369 e. The van der Waals surface area contributed by atoms with E-state index in [2.05, 4.69) is 36.6 Å². The van der Waals surface area contributed by atoms with Gasteiger partial charge < -0.3 is 5.73 Å². The van der Waals surface area contributed by atoms with Crippen LogP contribution in [0.4, 0.5) is 0 Å². The van der Waals surface area contributed by atoms with Crippen LogP contribution in [0.5, 0.6) is 0 Å². The van der Waals surface area contributed by atoms with Gasteiger partial charge in [-0.05, 0) is 54.4 Å². The van der Waals surface area contributed by atoms with E-state index in [4.69, 9.17) is 5.73 Å². The zero-order valence-corrected chi connectivity index (χ0v) is 15.3. The first-order valence-electron chi connectivity index (χ1n) is 5.72. The van der Waals surface area contributed by atoms with Gasteiger partial charge in [0.1, 0.15) is 0 Å². The first kappa shape index (κ1) is 17.6. The number of hydrogen-bond acceptors (Lipinski definition) is 3. The lowest BCUT2D eigenvalue weighted by Crippen LogP contribution is -2.42. The number of hydrogen-bond donors (Lipinski definition) is 2. The maximum Gasteiger partial charge on any atom is 0.241 e. The molecule has 0 aromatic heterocycles. The van der Waals surface area contributed by atoms with Gasteiger partial charge in [-0.3, -0.25) is 4.79 Å². The zero-order valence-electron chi connectivity index (χ0n) is 11.3. The molecular weight excluding hydrogens is 412 g/mol. The number of nitrogens with one attached hydrogen (secondary N) is 1. The van der Waals surface area contributed by atoms with Crippen molar-refractivity contribution in [1.82, 2.24) is 4.72 Å². The summed E-state index contributed by atoms with van der Waals surface area (Å²) in [6.07, 6.45) is 0. The average Bonchev–Trinajstić information content (AvgIpc) is 2.31. The molecule has 0 spiro atoms. The van der Waals surface area contributed by atoms with Crippen LogP contribution >= 0.6 is 31.9 Å². The number of carbonyl (C=O) groups excluding carboxylic acids is 1. The smallest absolute Gasteiger partial charge is 0.241 e. The van der Waals surface area contributed by atoms with Crippen molar-refractivity contribution in [3.63, 3.8) is 0 Å². The van der Waals surface area contributed by atoms with E-state index in [0.29, 0.717) is 8.95 Å². The second-order valence-corrected chi connectivity index (χ2v) is 8.55. The van der Waals surface area contributed by atoms with E-state index >= 15 is 0 Å². The summed E-state index contributed by atoms with van der Waals surface area (Å²) in [4.78, 5) is 11.3. The van der Waals surface area contributed by atoms with Crippen LogP contribution in [-0.4, -0.2) is 20.9 Å². The number of carbonyl (C=O) groups is 1. The van der Waals surface area contributed by atoms with Gasteiger partial charge in [0.15, 0.2) is 0 Å². The number of sulfonamides is 1. The highest BCUT2D eigenvalue weighted by molar-refractivity contribution is 9.11. The largest absolute Gasteiger partial charge is 0.369 e. The summed E-state index contributed by atoms with van der Waals surface area (Å²) in [5.41, 5.74) is 5.18. The normalized spacial score (nSPS) is 12.4. The highest BCUT2D eigenvalue weighted by Crippen LogP contribution is 2.29. The van der Waals surface area contributed by atoms with Crippen LogP contribution in [0.25, 0.3) is 0 Å². The van der Waals surface area contributed by atoms with Gasteiger partial charge in [0.05, 0.1) is 10.3 Å². The van der Waals surface area contributed by atoms with Crippen molar-refractivity contribution in [2.75, 3.05) is 6.54 Å². The predicted molar refractivity (Wildman–Crippen MR) is 84.7 cm³/mol. The van der Waals surface area contributed by atoms with Gasteiger partial charge in [0.25, 0.3) is 0 Å².